The van der Waals surface area contributed by atoms with Gasteiger partial charge in [-0.25, -0.2) is 4.79 Å². The highest BCUT2D eigenvalue weighted by molar-refractivity contribution is 6.76. The van der Waals surface area contributed by atoms with E-state index in [4.69, 9.17) is 45.1 Å². The van der Waals surface area contributed by atoms with Gasteiger partial charge in [0.1, 0.15) is 0 Å². The molecule has 0 radical (unpaired) electrons. The van der Waals surface area contributed by atoms with Crippen LogP contribution in [0.1, 0.15) is 12.5 Å². The number of carbonyl (C=O) groups is 2. The van der Waals surface area contributed by atoms with Crippen LogP contribution >= 0.6 is 34.8 Å². The van der Waals surface area contributed by atoms with Crippen LogP contribution in [0.5, 0.6) is 0 Å². The maximum Gasteiger partial charge on any atom is 0.419 e. The quantitative estimate of drug-likeness (QED) is 0.266. The van der Waals surface area contributed by atoms with Gasteiger partial charge in [0.15, 0.2) is 6.04 Å². The molecule has 0 saturated carbocycles. The predicted octanol–water partition coefficient (Wildman–Crippen LogP) is 2.79. The fourth-order valence-corrected chi connectivity index (χ4v) is 1.80. The summed E-state index contributed by atoms with van der Waals surface area (Å²) in [5.74, 6) is -1.90. The fourth-order valence-electron chi connectivity index (χ4n) is 1.64. The first-order valence-corrected chi connectivity index (χ1v) is 7.93. The lowest BCUT2D eigenvalue weighted by Gasteiger charge is -2.15. The van der Waals surface area contributed by atoms with Crippen LogP contribution in [0.15, 0.2) is 36.4 Å². The number of hydrogen-bond acceptors (Lipinski definition) is 3. The molecule has 0 saturated heterocycles. The van der Waals surface area contributed by atoms with Crippen LogP contribution in [0.4, 0.5) is 0 Å². The van der Waals surface area contributed by atoms with Gasteiger partial charge >= 0.3 is 11.7 Å². The molecular weight excluding hydrogens is 377 g/mol. The summed E-state index contributed by atoms with van der Waals surface area (Å²) in [4.78, 5) is 26.6. The smallest absolute Gasteiger partial charge is 0.419 e. The lowest BCUT2D eigenvalue weighted by molar-refractivity contribution is -0.140. The summed E-state index contributed by atoms with van der Waals surface area (Å²) in [6, 6.07) is 7.88. The third-order valence-electron chi connectivity index (χ3n) is 2.71. The van der Waals surface area contributed by atoms with Gasteiger partial charge in [-0.05, 0) is 18.6 Å². The predicted molar refractivity (Wildman–Crippen MR) is 93.0 cm³/mol. The van der Waals surface area contributed by atoms with Gasteiger partial charge in [0, 0.05) is 0 Å². The molecule has 24 heavy (non-hydrogen) atoms. The number of rotatable bonds is 6. The van der Waals surface area contributed by atoms with Crippen molar-refractivity contribution in [3.05, 3.63) is 47.5 Å². The Bertz CT molecular complexity index is 666. The number of nitrogens with one attached hydrogen (secondary N) is 1. The first-order chi connectivity index (χ1) is 11.3. The first kappa shape index (κ1) is 20.2. The summed E-state index contributed by atoms with van der Waals surface area (Å²) in [6.07, 6.45) is 3.02. The molecular formula is C15H14Cl3N3O3. The Kier molecular flexibility index (Phi) is 7.95. The summed E-state index contributed by atoms with van der Waals surface area (Å²) in [5.41, 5.74) is 9.44. The number of halogens is 3. The molecule has 0 aliphatic heterocycles. The molecule has 1 aromatic carbocycles. The Hall–Kier alpha value is -1.85. The van der Waals surface area contributed by atoms with Crippen molar-refractivity contribution in [3.8, 4) is 0 Å². The summed E-state index contributed by atoms with van der Waals surface area (Å²) >= 11 is 16.5. The van der Waals surface area contributed by atoms with E-state index in [0.717, 1.165) is 5.56 Å². The summed E-state index contributed by atoms with van der Waals surface area (Å²) in [6.45, 7) is 1.65. The van der Waals surface area contributed by atoms with Gasteiger partial charge in [0.25, 0.3) is 9.70 Å². The SMILES string of the molecule is CCOC(=O)C(=[N+]=[N-])C(/C=C\c1ccccc1)NC(=O)C(Cl)(Cl)Cl. The molecule has 0 aliphatic carbocycles. The molecule has 128 valence electrons. The molecule has 9 heteroatoms. The van der Waals surface area contributed by atoms with E-state index in [-0.39, 0.29) is 6.61 Å². The number of ether oxygens (including phenoxy) is 1. The van der Waals surface area contributed by atoms with Crippen molar-refractivity contribution in [2.75, 3.05) is 6.61 Å². The topological polar surface area (TPSA) is 91.8 Å². The second-order valence-electron chi connectivity index (χ2n) is 4.42. The van der Waals surface area contributed by atoms with E-state index in [0.29, 0.717) is 0 Å². The Morgan fingerprint density at radius 1 is 1.33 bits per heavy atom. The van der Waals surface area contributed by atoms with Crippen molar-refractivity contribution >= 4 is 58.5 Å². The van der Waals surface area contributed by atoms with Gasteiger partial charge in [-0.3, -0.25) is 4.79 Å². The van der Waals surface area contributed by atoms with Crippen LogP contribution in [0, 0.1) is 0 Å². The molecule has 1 N–H and O–H groups in total. The van der Waals surface area contributed by atoms with E-state index in [2.05, 4.69) is 10.1 Å². The number of benzene rings is 1. The van der Waals surface area contributed by atoms with E-state index in [1.165, 1.54) is 6.08 Å². The zero-order valence-electron chi connectivity index (χ0n) is 12.6. The number of hydrogen-bond donors (Lipinski definition) is 1. The molecule has 1 aromatic rings. The van der Waals surface area contributed by atoms with E-state index in [1.807, 2.05) is 6.07 Å². The minimum Gasteiger partial charge on any atom is -0.457 e. The Morgan fingerprint density at radius 3 is 2.46 bits per heavy atom. The van der Waals surface area contributed by atoms with Crippen molar-refractivity contribution in [2.45, 2.75) is 16.8 Å². The van der Waals surface area contributed by atoms with E-state index in [1.54, 1.807) is 37.3 Å². The van der Waals surface area contributed by atoms with Gasteiger partial charge < -0.3 is 15.6 Å². The molecule has 1 unspecified atom stereocenters. The number of carbonyl (C=O) groups excluding carboxylic acids is 2. The number of alkyl halides is 3. The molecule has 1 amide bonds. The van der Waals surface area contributed by atoms with Gasteiger partial charge in [0.2, 0.25) is 0 Å². The highest BCUT2D eigenvalue weighted by Crippen LogP contribution is 2.26. The Morgan fingerprint density at radius 2 is 1.96 bits per heavy atom. The maximum atomic E-state index is 11.9. The standard InChI is InChI=1S/C15H14Cl3N3O3/c1-2-24-13(22)12(21-19)11(20-14(23)15(16,17)18)9-8-10-6-4-3-5-7-10/h3-9,11H,2H2,1H3,(H,20,23)/b9-8-. The zero-order valence-corrected chi connectivity index (χ0v) is 14.8. The minimum atomic E-state index is -2.24. The lowest BCUT2D eigenvalue weighted by Crippen LogP contribution is -2.47. The number of amides is 1. The highest BCUT2D eigenvalue weighted by Gasteiger charge is 2.38. The Balaban J connectivity index is 3.11. The normalized spacial score (nSPS) is 12.3. The van der Waals surface area contributed by atoms with E-state index >= 15 is 0 Å². The Labute approximate surface area is 154 Å². The molecule has 1 atom stereocenters. The monoisotopic (exact) mass is 389 g/mol. The summed E-state index contributed by atoms with van der Waals surface area (Å²) in [7, 11) is 0. The molecule has 0 aromatic heterocycles. The third-order valence-corrected chi connectivity index (χ3v) is 3.23. The van der Waals surface area contributed by atoms with Gasteiger partial charge in [-0.15, -0.1) is 0 Å². The fraction of sp³-hybridized carbons (Fsp3) is 0.267. The largest absolute Gasteiger partial charge is 0.457 e. The van der Waals surface area contributed by atoms with Crippen LogP contribution in [0.2, 0.25) is 0 Å². The molecule has 6 nitrogen and oxygen atoms in total. The van der Waals surface area contributed by atoms with E-state index in [9.17, 15) is 9.59 Å². The molecule has 1 rings (SSSR count). The van der Waals surface area contributed by atoms with Crippen LogP contribution in [0.25, 0.3) is 11.6 Å². The molecule has 0 aliphatic rings. The van der Waals surface area contributed by atoms with Crippen molar-refractivity contribution < 1.29 is 19.1 Å². The maximum absolute atomic E-state index is 11.9. The highest BCUT2D eigenvalue weighted by atomic mass is 35.6. The first-order valence-electron chi connectivity index (χ1n) is 6.79. The van der Waals surface area contributed by atoms with Crippen molar-refractivity contribution in [1.29, 1.82) is 0 Å². The second kappa shape index (κ2) is 9.45. The average Bonchev–Trinajstić information content (AvgIpc) is 2.53. The minimum absolute atomic E-state index is 0.0609. The number of nitrogens with zero attached hydrogens (tertiary/aromatic N) is 2. The van der Waals surface area contributed by atoms with Gasteiger partial charge in [-0.2, -0.15) is 4.79 Å². The van der Waals surface area contributed by atoms with Crippen LogP contribution in [-0.2, 0) is 14.3 Å². The second-order valence-corrected chi connectivity index (χ2v) is 6.71. The molecule has 0 bridgehead atoms. The van der Waals surface area contributed by atoms with Gasteiger partial charge in [0.05, 0.1) is 6.61 Å². The van der Waals surface area contributed by atoms with Crippen LogP contribution in [-0.4, -0.2) is 38.8 Å². The summed E-state index contributed by atoms with van der Waals surface area (Å²) < 4.78 is 2.54. The van der Waals surface area contributed by atoms with Crippen molar-refractivity contribution in [3.63, 3.8) is 0 Å². The van der Waals surface area contributed by atoms with Crippen molar-refractivity contribution in [1.82, 2.24) is 5.32 Å². The van der Waals surface area contributed by atoms with Crippen molar-refractivity contribution in [2.24, 2.45) is 0 Å². The lowest BCUT2D eigenvalue weighted by atomic mass is 10.1. The number of esters is 1. The zero-order chi connectivity index (χ0) is 18.2. The van der Waals surface area contributed by atoms with Crippen LogP contribution < -0.4 is 5.32 Å². The van der Waals surface area contributed by atoms with Gasteiger partial charge in [-0.1, -0.05) is 71.2 Å². The third kappa shape index (κ3) is 6.34. The average molecular weight is 391 g/mol. The molecule has 0 fully saturated rings. The molecule has 0 spiro atoms. The van der Waals surface area contributed by atoms with E-state index < -0.39 is 27.4 Å². The van der Waals surface area contributed by atoms with Crippen LogP contribution in [0.3, 0.4) is 0 Å². The molecule has 0 heterocycles. The summed E-state index contributed by atoms with van der Waals surface area (Å²) in [5, 5.41) is 2.30.